The minimum absolute atomic E-state index is 0.166. The Kier molecular flexibility index (Phi) is 2.71. The van der Waals surface area contributed by atoms with Crippen LogP contribution in [0.5, 0.6) is 0 Å². The summed E-state index contributed by atoms with van der Waals surface area (Å²) in [5.41, 5.74) is -0.446. The molecule has 0 aromatic rings. The molecule has 2 amide bonds. The summed E-state index contributed by atoms with van der Waals surface area (Å²) in [5.74, 6) is 0.339. The van der Waals surface area contributed by atoms with Crippen molar-refractivity contribution in [1.82, 2.24) is 15.1 Å². The monoisotopic (exact) mass is 222 g/mol. The summed E-state index contributed by atoms with van der Waals surface area (Å²) in [6.45, 7) is 5.94. The lowest BCUT2D eigenvalue weighted by Gasteiger charge is -2.42. The molecule has 2 rings (SSSR count). The standard InChI is InChI=1S/C11H18N4O/c1-3-6-15-10(16)13-9(12)11(15)5-4-7-14(2)8-11/h3H,1,4-8H2,2H3,(H2,12,13,16). The summed E-state index contributed by atoms with van der Waals surface area (Å²) in [6, 6.07) is -0.166. The number of amides is 2. The van der Waals surface area contributed by atoms with E-state index in [1.165, 1.54) is 0 Å². The van der Waals surface area contributed by atoms with Gasteiger partial charge in [0.05, 0.1) is 0 Å². The lowest BCUT2D eigenvalue weighted by atomic mass is 9.87. The highest BCUT2D eigenvalue weighted by molar-refractivity contribution is 6.08. The first kappa shape index (κ1) is 11.1. The molecule has 2 aliphatic rings. The van der Waals surface area contributed by atoms with Crippen molar-refractivity contribution >= 4 is 11.9 Å². The molecule has 0 aliphatic carbocycles. The smallest absolute Gasteiger partial charge is 0.307 e. The molecule has 0 radical (unpaired) electrons. The second-order valence-electron chi connectivity index (χ2n) is 4.58. The van der Waals surface area contributed by atoms with Gasteiger partial charge in [-0.15, -0.1) is 6.58 Å². The molecule has 16 heavy (non-hydrogen) atoms. The number of hydrogen-bond donors (Lipinski definition) is 2. The van der Waals surface area contributed by atoms with Crippen LogP contribution in [-0.2, 0) is 0 Å². The Bertz CT molecular complexity index is 341. The van der Waals surface area contributed by atoms with Crippen molar-refractivity contribution in [3.63, 3.8) is 0 Å². The van der Waals surface area contributed by atoms with E-state index in [4.69, 9.17) is 5.41 Å². The maximum absolute atomic E-state index is 11.8. The summed E-state index contributed by atoms with van der Waals surface area (Å²) in [6.07, 6.45) is 3.60. The van der Waals surface area contributed by atoms with Crippen LogP contribution in [-0.4, -0.2) is 53.9 Å². The third-order valence-corrected chi connectivity index (χ3v) is 3.43. The van der Waals surface area contributed by atoms with E-state index in [9.17, 15) is 4.79 Å². The van der Waals surface area contributed by atoms with Crippen LogP contribution in [0.2, 0.25) is 0 Å². The molecular weight excluding hydrogens is 204 g/mol. The normalized spacial score (nSPS) is 30.9. The van der Waals surface area contributed by atoms with E-state index >= 15 is 0 Å². The van der Waals surface area contributed by atoms with Gasteiger partial charge in [0.2, 0.25) is 0 Å². The highest BCUT2D eigenvalue weighted by Gasteiger charge is 2.51. The van der Waals surface area contributed by atoms with Crippen LogP contribution in [0.15, 0.2) is 12.7 Å². The molecule has 1 unspecified atom stereocenters. The summed E-state index contributed by atoms with van der Waals surface area (Å²) in [5, 5.41) is 10.6. The fourth-order valence-corrected chi connectivity index (χ4v) is 2.68. The van der Waals surface area contributed by atoms with Gasteiger partial charge < -0.3 is 9.80 Å². The van der Waals surface area contributed by atoms with Crippen LogP contribution in [0, 0.1) is 5.41 Å². The first-order valence-corrected chi connectivity index (χ1v) is 5.57. The van der Waals surface area contributed by atoms with Crippen LogP contribution in [0.4, 0.5) is 4.79 Å². The Morgan fingerprint density at radius 1 is 1.69 bits per heavy atom. The summed E-state index contributed by atoms with van der Waals surface area (Å²) >= 11 is 0. The molecule has 2 saturated heterocycles. The number of carbonyl (C=O) groups excluding carboxylic acids is 1. The summed E-state index contributed by atoms with van der Waals surface area (Å²) in [4.78, 5) is 15.7. The van der Waals surface area contributed by atoms with E-state index in [-0.39, 0.29) is 6.03 Å². The fourth-order valence-electron chi connectivity index (χ4n) is 2.68. The Morgan fingerprint density at radius 3 is 3.06 bits per heavy atom. The molecule has 5 heteroatoms. The molecule has 1 atom stereocenters. The van der Waals surface area contributed by atoms with Gasteiger partial charge in [-0.1, -0.05) is 6.08 Å². The van der Waals surface area contributed by atoms with Gasteiger partial charge in [0.15, 0.2) is 0 Å². The van der Waals surface area contributed by atoms with Crippen LogP contribution in [0.25, 0.3) is 0 Å². The average molecular weight is 222 g/mol. The number of carbonyl (C=O) groups is 1. The molecule has 1 spiro atoms. The first-order chi connectivity index (χ1) is 7.60. The Balaban J connectivity index is 2.30. The van der Waals surface area contributed by atoms with Gasteiger partial charge in [0, 0.05) is 13.1 Å². The molecule has 0 saturated carbocycles. The summed E-state index contributed by atoms with van der Waals surface area (Å²) < 4.78 is 0. The predicted molar refractivity (Wildman–Crippen MR) is 62.6 cm³/mol. The Morgan fingerprint density at radius 2 is 2.44 bits per heavy atom. The SMILES string of the molecule is C=CCN1C(=O)NC(=N)C12CCCN(C)C2. The zero-order chi connectivity index (χ0) is 11.8. The number of likely N-dealkylation sites (tertiary alicyclic amines) is 1. The van der Waals surface area contributed by atoms with E-state index in [2.05, 4.69) is 16.8 Å². The lowest BCUT2D eigenvalue weighted by molar-refractivity contribution is 0.114. The van der Waals surface area contributed by atoms with E-state index in [0.717, 1.165) is 25.9 Å². The quantitative estimate of drug-likeness (QED) is 0.674. The van der Waals surface area contributed by atoms with Gasteiger partial charge in [-0.05, 0) is 26.4 Å². The number of nitrogens with one attached hydrogen (secondary N) is 2. The number of rotatable bonds is 2. The van der Waals surface area contributed by atoms with Crippen molar-refractivity contribution < 1.29 is 4.79 Å². The third-order valence-electron chi connectivity index (χ3n) is 3.43. The Hall–Kier alpha value is -1.36. The minimum Gasteiger partial charge on any atom is -0.307 e. The summed E-state index contributed by atoms with van der Waals surface area (Å²) in [7, 11) is 2.03. The van der Waals surface area contributed by atoms with E-state index < -0.39 is 5.54 Å². The number of nitrogens with zero attached hydrogens (tertiary/aromatic N) is 2. The first-order valence-electron chi connectivity index (χ1n) is 5.57. The van der Waals surface area contributed by atoms with Crippen molar-refractivity contribution in [2.24, 2.45) is 0 Å². The topological polar surface area (TPSA) is 59.4 Å². The molecule has 88 valence electrons. The van der Waals surface area contributed by atoms with Gasteiger partial charge in [0.25, 0.3) is 0 Å². The molecule has 5 nitrogen and oxygen atoms in total. The number of piperidine rings is 1. The van der Waals surface area contributed by atoms with E-state index in [1.807, 2.05) is 7.05 Å². The fraction of sp³-hybridized carbons (Fsp3) is 0.636. The van der Waals surface area contributed by atoms with Crippen LogP contribution < -0.4 is 5.32 Å². The molecule has 0 aromatic heterocycles. The zero-order valence-corrected chi connectivity index (χ0v) is 9.62. The second-order valence-corrected chi connectivity index (χ2v) is 4.58. The van der Waals surface area contributed by atoms with Crippen molar-refractivity contribution in [3.8, 4) is 0 Å². The molecule has 2 heterocycles. The van der Waals surface area contributed by atoms with Gasteiger partial charge in [-0.2, -0.15) is 0 Å². The lowest BCUT2D eigenvalue weighted by Crippen LogP contribution is -2.59. The predicted octanol–water partition coefficient (Wildman–Crippen LogP) is 0.639. The van der Waals surface area contributed by atoms with Crippen molar-refractivity contribution in [2.45, 2.75) is 18.4 Å². The maximum atomic E-state index is 11.8. The number of likely N-dealkylation sites (N-methyl/N-ethyl adjacent to an activating group) is 1. The van der Waals surface area contributed by atoms with Crippen LogP contribution >= 0.6 is 0 Å². The molecule has 2 aliphatic heterocycles. The van der Waals surface area contributed by atoms with Crippen LogP contribution in [0.3, 0.4) is 0 Å². The van der Waals surface area contributed by atoms with Gasteiger partial charge in [0.1, 0.15) is 11.4 Å². The molecule has 0 aromatic carbocycles. The molecule has 2 fully saturated rings. The molecule has 0 bridgehead atoms. The second kappa shape index (κ2) is 3.90. The molecule has 2 N–H and O–H groups in total. The van der Waals surface area contributed by atoms with Crippen molar-refractivity contribution in [1.29, 1.82) is 5.41 Å². The van der Waals surface area contributed by atoms with Crippen LogP contribution in [0.1, 0.15) is 12.8 Å². The molecular formula is C11H18N4O. The van der Waals surface area contributed by atoms with E-state index in [1.54, 1.807) is 11.0 Å². The van der Waals surface area contributed by atoms with Gasteiger partial charge >= 0.3 is 6.03 Å². The highest BCUT2D eigenvalue weighted by atomic mass is 16.2. The Labute approximate surface area is 95.6 Å². The largest absolute Gasteiger partial charge is 0.323 e. The maximum Gasteiger partial charge on any atom is 0.323 e. The average Bonchev–Trinajstić information content (AvgIpc) is 2.44. The number of hydrogen-bond acceptors (Lipinski definition) is 3. The van der Waals surface area contributed by atoms with Crippen molar-refractivity contribution in [2.75, 3.05) is 26.7 Å². The van der Waals surface area contributed by atoms with Gasteiger partial charge in [-0.25, -0.2) is 4.79 Å². The third kappa shape index (κ3) is 1.51. The number of urea groups is 1. The van der Waals surface area contributed by atoms with Crippen molar-refractivity contribution in [3.05, 3.63) is 12.7 Å². The highest BCUT2D eigenvalue weighted by Crippen LogP contribution is 2.31. The minimum atomic E-state index is -0.446. The van der Waals surface area contributed by atoms with Gasteiger partial charge in [-0.3, -0.25) is 10.7 Å². The van der Waals surface area contributed by atoms with E-state index in [0.29, 0.717) is 12.4 Å². The number of amidine groups is 1. The zero-order valence-electron chi connectivity index (χ0n) is 9.62.